The van der Waals surface area contributed by atoms with E-state index < -0.39 is 5.97 Å². The standard InChI is InChI=1S/C12H19NO3/c1-12(2,3)13(7-6-11(14)15)9-10-5-4-8-16-10/h4-5,8H,6-7,9H2,1-3H3,(H,14,15). The molecular weight excluding hydrogens is 206 g/mol. The van der Waals surface area contributed by atoms with Crippen molar-refractivity contribution in [2.45, 2.75) is 39.3 Å². The molecule has 1 heterocycles. The molecule has 0 aliphatic carbocycles. The van der Waals surface area contributed by atoms with Gasteiger partial charge in [-0.2, -0.15) is 0 Å². The number of hydrogen-bond donors (Lipinski definition) is 1. The van der Waals surface area contributed by atoms with Crippen LogP contribution in [0.4, 0.5) is 0 Å². The Balaban J connectivity index is 2.61. The summed E-state index contributed by atoms with van der Waals surface area (Å²) in [5, 5.41) is 8.70. The Labute approximate surface area is 95.9 Å². The average Bonchev–Trinajstić information content (AvgIpc) is 2.62. The molecule has 1 aromatic heterocycles. The molecule has 4 nitrogen and oxygen atoms in total. The molecule has 0 amide bonds. The molecule has 0 saturated carbocycles. The van der Waals surface area contributed by atoms with Crippen LogP contribution in [0.2, 0.25) is 0 Å². The molecule has 0 aromatic carbocycles. The van der Waals surface area contributed by atoms with Gasteiger partial charge in [-0.25, -0.2) is 0 Å². The molecule has 0 unspecified atom stereocenters. The molecular formula is C12H19NO3. The van der Waals surface area contributed by atoms with Crippen molar-refractivity contribution in [2.75, 3.05) is 6.54 Å². The highest BCUT2D eigenvalue weighted by atomic mass is 16.4. The van der Waals surface area contributed by atoms with Crippen LogP contribution >= 0.6 is 0 Å². The Kier molecular flexibility index (Phi) is 4.12. The third kappa shape index (κ3) is 4.06. The van der Waals surface area contributed by atoms with Crippen molar-refractivity contribution in [2.24, 2.45) is 0 Å². The van der Waals surface area contributed by atoms with Gasteiger partial charge in [-0.1, -0.05) is 0 Å². The minimum atomic E-state index is -0.770. The molecule has 1 rings (SSSR count). The van der Waals surface area contributed by atoms with Gasteiger partial charge in [0.1, 0.15) is 5.76 Å². The summed E-state index contributed by atoms with van der Waals surface area (Å²) < 4.78 is 5.28. The minimum absolute atomic E-state index is 0.0672. The highest BCUT2D eigenvalue weighted by Crippen LogP contribution is 2.17. The lowest BCUT2D eigenvalue weighted by molar-refractivity contribution is -0.137. The van der Waals surface area contributed by atoms with Crippen molar-refractivity contribution in [1.29, 1.82) is 0 Å². The molecule has 0 saturated heterocycles. The van der Waals surface area contributed by atoms with E-state index >= 15 is 0 Å². The number of carbonyl (C=O) groups is 1. The maximum atomic E-state index is 10.6. The van der Waals surface area contributed by atoms with E-state index in [-0.39, 0.29) is 12.0 Å². The zero-order valence-electron chi connectivity index (χ0n) is 10.1. The fourth-order valence-corrected chi connectivity index (χ4v) is 1.47. The second-order valence-electron chi connectivity index (χ2n) is 4.82. The second-order valence-corrected chi connectivity index (χ2v) is 4.82. The van der Waals surface area contributed by atoms with Crippen LogP contribution in [0.1, 0.15) is 33.0 Å². The van der Waals surface area contributed by atoms with Crippen molar-refractivity contribution < 1.29 is 14.3 Å². The molecule has 0 aliphatic heterocycles. The molecule has 0 fully saturated rings. The summed E-state index contributed by atoms with van der Waals surface area (Å²) in [5.41, 5.74) is -0.0672. The molecule has 0 aliphatic rings. The van der Waals surface area contributed by atoms with E-state index in [9.17, 15) is 4.79 Å². The van der Waals surface area contributed by atoms with Crippen LogP contribution in [0.3, 0.4) is 0 Å². The monoisotopic (exact) mass is 225 g/mol. The Bertz CT molecular complexity index is 325. The van der Waals surface area contributed by atoms with E-state index in [0.29, 0.717) is 13.1 Å². The summed E-state index contributed by atoms with van der Waals surface area (Å²) in [6.07, 6.45) is 1.78. The summed E-state index contributed by atoms with van der Waals surface area (Å²) in [6.45, 7) is 7.37. The molecule has 0 bridgehead atoms. The lowest BCUT2D eigenvalue weighted by atomic mass is 10.1. The molecule has 0 radical (unpaired) electrons. The van der Waals surface area contributed by atoms with Gasteiger partial charge in [0.2, 0.25) is 0 Å². The largest absolute Gasteiger partial charge is 0.481 e. The molecule has 1 aromatic rings. The summed E-state index contributed by atoms with van der Waals surface area (Å²) in [4.78, 5) is 12.7. The maximum Gasteiger partial charge on any atom is 0.304 e. The Morgan fingerprint density at radius 2 is 2.19 bits per heavy atom. The van der Waals surface area contributed by atoms with E-state index in [0.717, 1.165) is 5.76 Å². The first kappa shape index (κ1) is 12.8. The quantitative estimate of drug-likeness (QED) is 0.835. The van der Waals surface area contributed by atoms with Gasteiger partial charge in [0.15, 0.2) is 0 Å². The number of furan rings is 1. The highest BCUT2D eigenvalue weighted by molar-refractivity contribution is 5.66. The summed E-state index contributed by atoms with van der Waals surface area (Å²) in [6, 6.07) is 3.74. The third-order valence-electron chi connectivity index (χ3n) is 2.47. The number of rotatable bonds is 5. The van der Waals surface area contributed by atoms with Crippen LogP contribution in [0.25, 0.3) is 0 Å². The maximum absolute atomic E-state index is 10.6. The van der Waals surface area contributed by atoms with E-state index in [1.54, 1.807) is 6.26 Å². The van der Waals surface area contributed by atoms with Crippen molar-refractivity contribution in [3.8, 4) is 0 Å². The van der Waals surface area contributed by atoms with Gasteiger partial charge in [0, 0.05) is 12.1 Å². The topological polar surface area (TPSA) is 53.7 Å². The van der Waals surface area contributed by atoms with E-state index in [1.165, 1.54) is 0 Å². The van der Waals surface area contributed by atoms with Gasteiger partial charge in [-0.05, 0) is 32.9 Å². The van der Waals surface area contributed by atoms with Gasteiger partial charge >= 0.3 is 5.97 Å². The first-order valence-electron chi connectivity index (χ1n) is 5.39. The van der Waals surface area contributed by atoms with Crippen molar-refractivity contribution >= 4 is 5.97 Å². The Morgan fingerprint density at radius 3 is 2.62 bits per heavy atom. The average molecular weight is 225 g/mol. The number of carboxylic acid groups (broad SMARTS) is 1. The fourth-order valence-electron chi connectivity index (χ4n) is 1.47. The van der Waals surface area contributed by atoms with Crippen LogP contribution in [-0.2, 0) is 11.3 Å². The number of aliphatic carboxylic acids is 1. The zero-order valence-corrected chi connectivity index (χ0v) is 10.1. The molecule has 16 heavy (non-hydrogen) atoms. The van der Waals surface area contributed by atoms with E-state index in [1.807, 2.05) is 12.1 Å². The summed E-state index contributed by atoms with van der Waals surface area (Å²) in [5.74, 6) is 0.0917. The molecule has 90 valence electrons. The normalized spacial score (nSPS) is 12.0. The fraction of sp³-hybridized carbons (Fsp3) is 0.583. The SMILES string of the molecule is CC(C)(C)N(CCC(=O)O)Cc1ccco1. The number of carboxylic acids is 1. The van der Waals surface area contributed by atoms with Crippen LogP contribution in [0, 0.1) is 0 Å². The van der Waals surface area contributed by atoms with Gasteiger partial charge in [-0.3, -0.25) is 9.69 Å². The zero-order chi connectivity index (χ0) is 12.2. The van der Waals surface area contributed by atoms with Gasteiger partial charge in [0.25, 0.3) is 0 Å². The second kappa shape index (κ2) is 5.16. The first-order valence-corrected chi connectivity index (χ1v) is 5.39. The predicted molar refractivity (Wildman–Crippen MR) is 61.1 cm³/mol. The smallest absolute Gasteiger partial charge is 0.304 e. The Morgan fingerprint density at radius 1 is 1.50 bits per heavy atom. The van der Waals surface area contributed by atoms with Crippen LogP contribution in [0.15, 0.2) is 22.8 Å². The molecule has 0 atom stereocenters. The van der Waals surface area contributed by atoms with Gasteiger partial charge < -0.3 is 9.52 Å². The number of hydrogen-bond acceptors (Lipinski definition) is 3. The van der Waals surface area contributed by atoms with Crippen molar-refractivity contribution in [1.82, 2.24) is 4.90 Å². The third-order valence-corrected chi connectivity index (χ3v) is 2.47. The molecule has 4 heteroatoms. The van der Waals surface area contributed by atoms with Crippen LogP contribution in [-0.4, -0.2) is 28.1 Å². The number of nitrogens with zero attached hydrogens (tertiary/aromatic N) is 1. The van der Waals surface area contributed by atoms with Crippen molar-refractivity contribution in [3.05, 3.63) is 24.2 Å². The molecule has 0 spiro atoms. The Hall–Kier alpha value is -1.29. The van der Waals surface area contributed by atoms with Gasteiger partial charge in [-0.15, -0.1) is 0 Å². The lowest BCUT2D eigenvalue weighted by Gasteiger charge is -2.34. The van der Waals surface area contributed by atoms with Crippen LogP contribution < -0.4 is 0 Å². The van der Waals surface area contributed by atoms with Crippen LogP contribution in [0.5, 0.6) is 0 Å². The summed E-state index contributed by atoms with van der Waals surface area (Å²) in [7, 11) is 0. The highest BCUT2D eigenvalue weighted by Gasteiger charge is 2.22. The lowest BCUT2D eigenvalue weighted by Crippen LogP contribution is -2.41. The van der Waals surface area contributed by atoms with E-state index in [2.05, 4.69) is 25.7 Å². The minimum Gasteiger partial charge on any atom is -0.481 e. The van der Waals surface area contributed by atoms with Crippen molar-refractivity contribution in [3.63, 3.8) is 0 Å². The van der Waals surface area contributed by atoms with Gasteiger partial charge in [0.05, 0.1) is 19.2 Å². The predicted octanol–water partition coefficient (Wildman–Crippen LogP) is 2.35. The van der Waals surface area contributed by atoms with E-state index in [4.69, 9.17) is 9.52 Å². The first-order chi connectivity index (χ1) is 7.39. The molecule has 1 N–H and O–H groups in total. The summed E-state index contributed by atoms with van der Waals surface area (Å²) >= 11 is 0.